The van der Waals surface area contributed by atoms with E-state index in [1.165, 1.54) is 12.1 Å². The van der Waals surface area contributed by atoms with Gasteiger partial charge in [-0.1, -0.05) is 11.6 Å². The molecule has 0 amide bonds. The first-order chi connectivity index (χ1) is 12.3. The molecular formula is C17H21ClF3N3OS. The Labute approximate surface area is 160 Å². The van der Waals surface area contributed by atoms with Gasteiger partial charge in [0.15, 0.2) is 5.69 Å². The number of nitrogens with zero attached hydrogens (tertiary/aromatic N) is 3. The molecule has 1 aromatic rings. The van der Waals surface area contributed by atoms with Gasteiger partial charge in [-0.15, -0.1) is 0 Å². The number of ether oxygens (including phenoxy) is 1. The van der Waals surface area contributed by atoms with E-state index in [2.05, 4.69) is 9.88 Å². The van der Waals surface area contributed by atoms with Crippen molar-refractivity contribution in [1.82, 2.24) is 14.2 Å². The van der Waals surface area contributed by atoms with Gasteiger partial charge in [0.25, 0.3) is 0 Å². The quantitative estimate of drug-likeness (QED) is 0.559. The van der Waals surface area contributed by atoms with Crippen molar-refractivity contribution in [2.24, 2.45) is 11.3 Å². The zero-order valence-corrected chi connectivity index (χ0v) is 15.8. The lowest BCUT2D eigenvalue weighted by atomic mass is 9.74. The van der Waals surface area contributed by atoms with Crippen LogP contribution in [-0.2, 0) is 10.9 Å². The smallest absolute Gasteiger partial charge is 0.381 e. The molecule has 9 heteroatoms. The minimum Gasteiger partial charge on any atom is -0.381 e. The number of hydrogen-bond acceptors (Lipinski definition) is 5. The first kappa shape index (κ1) is 18.8. The normalized spacial score (nSPS) is 24.5. The highest BCUT2D eigenvalue weighted by Crippen LogP contribution is 2.46. The molecule has 144 valence electrons. The van der Waals surface area contributed by atoms with Crippen LogP contribution in [0.4, 0.5) is 13.2 Å². The number of hydrogen-bond donors (Lipinski definition) is 0. The topological polar surface area (TPSA) is 28.6 Å². The van der Waals surface area contributed by atoms with E-state index in [-0.39, 0.29) is 15.5 Å². The molecule has 4 rings (SSSR count). The highest BCUT2D eigenvalue weighted by atomic mass is 35.5. The zero-order chi connectivity index (χ0) is 18.4. The van der Waals surface area contributed by atoms with Gasteiger partial charge < -0.3 is 9.64 Å². The Morgan fingerprint density at radius 1 is 1.19 bits per heavy atom. The first-order valence-electron chi connectivity index (χ1n) is 8.80. The van der Waals surface area contributed by atoms with Crippen molar-refractivity contribution in [3.05, 3.63) is 23.0 Å². The monoisotopic (exact) mass is 407 g/mol. The van der Waals surface area contributed by atoms with Crippen molar-refractivity contribution >= 4 is 23.5 Å². The molecular weight excluding hydrogens is 387 g/mol. The predicted octanol–water partition coefficient (Wildman–Crippen LogP) is 3.81. The van der Waals surface area contributed by atoms with Gasteiger partial charge in [0.1, 0.15) is 5.15 Å². The van der Waals surface area contributed by atoms with Crippen LogP contribution >= 0.6 is 23.5 Å². The molecule has 1 aromatic heterocycles. The second-order valence-electron chi connectivity index (χ2n) is 7.59. The zero-order valence-electron chi connectivity index (χ0n) is 14.3. The number of pyridine rings is 1. The molecule has 0 radical (unpaired) electrons. The number of alkyl halides is 3. The molecule has 0 atom stereocenters. The van der Waals surface area contributed by atoms with E-state index in [4.69, 9.17) is 16.3 Å². The molecule has 3 aliphatic heterocycles. The second-order valence-corrected chi connectivity index (χ2v) is 9.12. The lowest BCUT2D eigenvalue weighted by Crippen LogP contribution is -2.70. The molecule has 0 aromatic carbocycles. The summed E-state index contributed by atoms with van der Waals surface area (Å²) in [6.45, 7) is 6.59. The fraction of sp³-hybridized carbons (Fsp3) is 0.706. The summed E-state index contributed by atoms with van der Waals surface area (Å²) in [5, 5.41) is -0.135. The molecule has 3 saturated heterocycles. The third-order valence-corrected chi connectivity index (χ3v) is 6.57. The Morgan fingerprint density at radius 2 is 1.88 bits per heavy atom. The van der Waals surface area contributed by atoms with Crippen LogP contribution in [0.15, 0.2) is 17.0 Å². The maximum absolute atomic E-state index is 13.1. The van der Waals surface area contributed by atoms with Gasteiger partial charge in [0.2, 0.25) is 0 Å². The molecule has 4 nitrogen and oxygen atoms in total. The molecule has 3 aliphatic rings. The van der Waals surface area contributed by atoms with Gasteiger partial charge in [0.05, 0.1) is 4.90 Å². The van der Waals surface area contributed by atoms with Crippen LogP contribution in [0.25, 0.3) is 0 Å². The summed E-state index contributed by atoms with van der Waals surface area (Å²) in [6.07, 6.45) is -2.22. The maximum Gasteiger partial charge on any atom is 0.434 e. The summed E-state index contributed by atoms with van der Waals surface area (Å²) >= 11 is 6.77. The van der Waals surface area contributed by atoms with Crippen molar-refractivity contribution in [2.45, 2.75) is 23.9 Å². The summed E-state index contributed by atoms with van der Waals surface area (Å²) in [4.78, 5) is 6.07. The minimum atomic E-state index is -4.49. The number of rotatable bonds is 4. The van der Waals surface area contributed by atoms with E-state index < -0.39 is 11.9 Å². The number of likely N-dealkylation sites (tertiary alicyclic amines) is 1. The summed E-state index contributed by atoms with van der Waals surface area (Å²) in [5.74, 6) is 0.723. The van der Waals surface area contributed by atoms with Crippen LogP contribution in [0, 0.1) is 11.3 Å². The van der Waals surface area contributed by atoms with Crippen molar-refractivity contribution in [3.8, 4) is 0 Å². The lowest BCUT2D eigenvalue weighted by molar-refractivity contribution is -0.143. The molecule has 3 fully saturated rings. The van der Waals surface area contributed by atoms with Gasteiger partial charge in [-0.3, -0.25) is 0 Å². The third-order valence-electron chi connectivity index (χ3n) is 5.32. The van der Waals surface area contributed by atoms with E-state index in [0.717, 1.165) is 76.6 Å². The first-order valence-corrected chi connectivity index (χ1v) is 9.95. The Kier molecular flexibility index (Phi) is 5.16. The molecule has 26 heavy (non-hydrogen) atoms. The van der Waals surface area contributed by atoms with Crippen molar-refractivity contribution in [3.63, 3.8) is 0 Å². The summed E-state index contributed by atoms with van der Waals surface area (Å²) < 4.78 is 46.8. The lowest BCUT2D eigenvalue weighted by Gasteiger charge is -2.60. The molecule has 0 unspecified atom stereocenters. The Morgan fingerprint density at radius 3 is 2.54 bits per heavy atom. The molecule has 0 aliphatic carbocycles. The SMILES string of the molecule is FC(F)(F)c1nc(Cl)ccc1SN1CC2(CN(CC3CCOCC3)C2)C1. The standard InChI is InChI=1S/C17H21ClF3N3OS/c18-14-2-1-13(15(22-14)17(19,20)21)26-24-10-16(11-24)8-23(9-16)7-12-3-5-25-6-4-12/h1-2,12H,3-11H2. The van der Waals surface area contributed by atoms with Crippen LogP contribution in [0.3, 0.4) is 0 Å². The van der Waals surface area contributed by atoms with E-state index in [0.29, 0.717) is 0 Å². The van der Waals surface area contributed by atoms with E-state index >= 15 is 0 Å². The Hall–Kier alpha value is -0.540. The van der Waals surface area contributed by atoms with Crippen molar-refractivity contribution < 1.29 is 17.9 Å². The summed E-state index contributed by atoms with van der Waals surface area (Å²) in [6, 6.07) is 2.82. The van der Waals surface area contributed by atoms with Gasteiger partial charge in [0, 0.05) is 51.4 Å². The van der Waals surface area contributed by atoms with Crippen LogP contribution in [0.5, 0.6) is 0 Å². The van der Waals surface area contributed by atoms with E-state index in [1.807, 2.05) is 4.31 Å². The average Bonchev–Trinajstić information content (AvgIpc) is 2.52. The molecule has 0 saturated carbocycles. The average molecular weight is 408 g/mol. The van der Waals surface area contributed by atoms with Crippen LogP contribution in [0.2, 0.25) is 5.15 Å². The summed E-state index contributed by atoms with van der Waals surface area (Å²) in [7, 11) is 0. The number of halogens is 4. The van der Waals surface area contributed by atoms with E-state index in [9.17, 15) is 13.2 Å². The third kappa shape index (κ3) is 3.99. The minimum absolute atomic E-state index is 0.120. The Bertz CT molecular complexity index is 655. The van der Waals surface area contributed by atoms with Crippen LogP contribution in [-0.4, -0.2) is 60.1 Å². The molecule has 1 spiro atoms. The van der Waals surface area contributed by atoms with Crippen LogP contribution in [0.1, 0.15) is 18.5 Å². The molecule has 0 bridgehead atoms. The van der Waals surface area contributed by atoms with Gasteiger partial charge in [-0.05, 0) is 42.8 Å². The predicted molar refractivity (Wildman–Crippen MR) is 94.1 cm³/mol. The summed E-state index contributed by atoms with van der Waals surface area (Å²) in [5.41, 5.74) is -0.637. The van der Waals surface area contributed by atoms with Crippen molar-refractivity contribution in [2.75, 3.05) is 45.9 Å². The molecule has 0 N–H and O–H groups in total. The van der Waals surface area contributed by atoms with Gasteiger partial charge in [-0.25, -0.2) is 9.29 Å². The van der Waals surface area contributed by atoms with E-state index in [1.54, 1.807) is 0 Å². The largest absolute Gasteiger partial charge is 0.434 e. The fourth-order valence-electron chi connectivity index (χ4n) is 4.13. The number of aromatic nitrogens is 1. The van der Waals surface area contributed by atoms with Crippen LogP contribution < -0.4 is 0 Å². The Balaban J connectivity index is 1.27. The fourth-order valence-corrected chi connectivity index (χ4v) is 5.61. The van der Waals surface area contributed by atoms with Gasteiger partial charge >= 0.3 is 6.18 Å². The van der Waals surface area contributed by atoms with Gasteiger partial charge in [-0.2, -0.15) is 13.2 Å². The maximum atomic E-state index is 13.1. The molecule has 4 heterocycles. The van der Waals surface area contributed by atoms with Crippen molar-refractivity contribution in [1.29, 1.82) is 0 Å². The second kappa shape index (κ2) is 7.13. The highest BCUT2D eigenvalue weighted by molar-refractivity contribution is 7.97. The highest BCUT2D eigenvalue weighted by Gasteiger charge is 2.52.